The minimum atomic E-state index is -0.707. The molecule has 0 saturated carbocycles. The number of aliphatic hydroxyl groups excluding tert-OH is 1. The molecule has 5 nitrogen and oxygen atoms in total. The highest BCUT2D eigenvalue weighted by Gasteiger charge is 2.37. The second kappa shape index (κ2) is 5.81. The Balaban J connectivity index is 2.22. The van der Waals surface area contributed by atoms with Gasteiger partial charge in [-0.1, -0.05) is 13.0 Å². The first-order valence-electron chi connectivity index (χ1n) is 6.09. The van der Waals surface area contributed by atoms with Gasteiger partial charge in [0.1, 0.15) is 0 Å². The summed E-state index contributed by atoms with van der Waals surface area (Å²) >= 11 is 3.28. The maximum absolute atomic E-state index is 11.9. The van der Waals surface area contributed by atoms with Gasteiger partial charge in [-0.3, -0.25) is 9.59 Å². The second-order valence-electron chi connectivity index (χ2n) is 4.34. The van der Waals surface area contributed by atoms with E-state index in [4.69, 9.17) is 0 Å². The van der Waals surface area contributed by atoms with Gasteiger partial charge in [0.2, 0.25) is 0 Å². The number of carbonyl (C=O) groups is 2. The number of aliphatic hydroxyl groups is 1. The average molecular weight is 327 g/mol. The van der Waals surface area contributed by atoms with Gasteiger partial charge < -0.3 is 15.3 Å². The van der Waals surface area contributed by atoms with Crippen LogP contribution in [0.1, 0.15) is 17.3 Å². The Morgan fingerprint density at radius 2 is 2.16 bits per heavy atom. The third kappa shape index (κ3) is 2.70. The van der Waals surface area contributed by atoms with Gasteiger partial charge in [-0.25, -0.2) is 0 Å². The van der Waals surface area contributed by atoms with E-state index >= 15 is 0 Å². The number of halogens is 1. The SMILES string of the molecule is CCNCC(O)CN1C(=O)C(=O)c2c(Br)cccc21. The predicted molar refractivity (Wildman–Crippen MR) is 75.4 cm³/mol. The monoisotopic (exact) mass is 326 g/mol. The van der Waals surface area contributed by atoms with Crippen molar-refractivity contribution < 1.29 is 14.7 Å². The first-order valence-corrected chi connectivity index (χ1v) is 6.89. The number of fused-ring (bicyclic) bond motifs is 1. The third-order valence-electron chi connectivity index (χ3n) is 2.97. The molecule has 0 aromatic heterocycles. The van der Waals surface area contributed by atoms with E-state index in [0.29, 0.717) is 22.3 Å². The van der Waals surface area contributed by atoms with Crippen LogP contribution in [0.25, 0.3) is 0 Å². The van der Waals surface area contributed by atoms with E-state index in [1.165, 1.54) is 4.90 Å². The fraction of sp³-hybridized carbons (Fsp3) is 0.385. The van der Waals surface area contributed by atoms with Gasteiger partial charge in [0.25, 0.3) is 11.7 Å². The number of nitrogens with zero attached hydrogens (tertiary/aromatic N) is 1. The highest BCUT2D eigenvalue weighted by molar-refractivity contribution is 9.10. The molecule has 1 amide bonds. The summed E-state index contributed by atoms with van der Waals surface area (Å²) in [4.78, 5) is 25.2. The minimum absolute atomic E-state index is 0.112. The zero-order valence-electron chi connectivity index (χ0n) is 10.5. The lowest BCUT2D eigenvalue weighted by atomic mass is 10.1. The molecule has 1 heterocycles. The van der Waals surface area contributed by atoms with Crippen LogP contribution in [-0.4, -0.2) is 42.5 Å². The number of ketones is 1. The van der Waals surface area contributed by atoms with E-state index in [0.717, 1.165) is 6.54 Å². The van der Waals surface area contributed by atoms with Crippen molar-refractivity contribution in [2.45, 2.75) is 13.0 Å². The number of hydrogen-bond acceptors (Lipinski definition) is 4. The summed E-state index contributed by atoms with van der Waals surface area (Å²) in [6.45, 7) is 3.18. The van der Waals surface area contributed by atoms with Crippen molar-refractivity contribution in [3.63, 3.8) is 0 Å². The molecule has 102 valence electrons. The molecule has 0 saturated heterocycles. The molecule has 0 aliphatic carbocycles. The van der Waals surface area contributed by atoms with Crippen molar-refractivity contribution in [3.8, 4) is 0 Å². The standard InChI is InChI=1S/C13H15BrN2O3/c1-2-15-6-8(17)7-16-10-5-3-4-9(14)11(10)12(18)13(16)19/h3-5,8,15,17H,2,6-7H2,1H3. The molecule has 1 unspecified atom stereocenters. The maximum atomic E-state index is 11.9. The van der Waals surface area contributed by atoms with Gasteiger partial charge in [0, 0.05) is 11.0 Å². The Bertz CT molecular complexity index is 519. The van der Waals surface area contributed by atoms with Gasteiger partial charge in [0.05, 0.1) is 23.9 Å². The number of hydrogen-bond donors (Lipinski definition) is 2. The molecule has 2 N–H and O–H groups in total. The number of carbonyl (C=O) groups excluding carboxylic acids is 2. The van der Waals surface area contributed by atoms with Crippen LogP contribution in [0.2, 0.25) is 0 Å². The maximum Gasteiger partial charge on any atom is 0.299 e. The molecular formula is C13H15BrN2O3. The molecule has 0 radical (unpaired) electrons. The Hall–Kier alpha value is -1.24. The van der Waals surface area contributed by atoms with E-state index in [1.54, 1.807) is 18.2 Å². The number of nitrogens with one attached hydrogen (secondary N) is 1. The van der Waals surface area contributed by atoms with Crippen LogP contribution in [0.5, 0.6) is 0 Å². The van der Waals surface area contributed by atoms with Crippen LogP contribution in [-0.2, 0) is 4.79 Å². The molecule has 0 bridgehead atoms. The van der Waals surface area contributed by atoms with Crippen molar-refractivity contribution in [2.24, 2.45) is 0 Å². The van der Waals surface area contributed by atoms with Gasteiger partial charge in [0.15, 0.2) is 0 Å². The zero-order valence-corrected chi connectivity index (χ0v) is 12.1. The van der Waals surface area contributed by atoms with Crippen LogP contribution in [0.15, 0.2) is 22.7 Å². The number of anilines is 1. The van der Waals surface area contributed by atoms with Crippen LogP contribution in [0.4, 0.5) is 5.69 Å². The molecule has 2 rings (SSSR count). The molecule has 19 heavy (non-hydrogen) atoms. The van der Waals surface area contributed by atoms with Crippen molar-refractivity contribution in [1.29, 1.82) is 0 Å². The Labute approximate surface area is 119 Å². The molecule has 0 fully saturated rings. The fourth-order valence-electron chi connectivity index (χ4n) is 2.07. The Morgan fingerprint density at radius 1 is 1.42 bits per heavy atom. The number of likely N-dealkylation sites (N-methyl/N-ethyl adjacent to an activating group) is 1. The van der Waals surface area contributed by atoms with E-state index in [1.807, 2.05) is 6.92 Å². The lowest BCUT2D eigenvalue weighted by Gasteiger charge is -2.20. The van der Waals surface area contributed by atoms with Crippen molar-refractivity contribution in [2.75, 3.05) is 24.5 Å². The summed E-state index contributed by atoms with van der Waals surface area (Å²) in [5.74, 6) is -1.12. The van der Waals surface area contributed by atoms with Crippen LogP contribution >= 0.6 is 15.9 Å². The number of rotatable bonds is 5. The second-order valence-corrected chi connectivity index (χ2v) is 5.19. The van der Waals surface area contributed by atoms with Gasteiger partial charge in [-0.15, -0.1) is 0 Å². The smallest absolute Gasteiger partial charge is 0.299 e. The van der Waals surface area contributed by atoms with Crippen molar-refractivity contribution in [1.82, 2.24) is 5.32 Å². The van der Waals surface area contributed by atoms with E-state index in [-0.39, 0.29) is 6.54 Å². The zero-order chi connectivity index (χ0) is 14.0. The predicted octanol–water partition coefficient (Wildman–Crippen LogP) is 0.949. The molecule has 1 aliphatic rings. The summed E-state index contributed by atoms with van der Waals surface area (Å²) < 4.78 is 0.604. The molecule has 1 aromatic rings. The van der Waals surface area contributed by atoms with Gasteiger partial charge >= 0.3 is 0 Å². The molecule has 0 spiro atoms. The number of amides is 1. The summed E-state index contributed by atoms with van der Waals surface area (Å²) in [7, 11) is 0. The van der Waals surface area contributed by atoms with E-state index in [2.05, 4.69) is 21.2 Å². The van der Waals surface area contributed by atoms with Crippen LogP contribution < -0.4 is 10.2 Å². The van der Waals surface area contributed by atoms with Crippen LogP contribution in [0, 0.1) is 0 Å². The third-order valence-corrected chi connectivity index (χ3v) is 3.63. The molecular weight excluding hydrogens is 312 g/mol. The first-order chi connectivity index (χ1) is 9.06. The summed E-state index contributed by atoms with van der Waals surface area (Å²) in [5, 5.41) is 12.9. The number of benzene rings is 1. The first kappa shape index (κ1) is 14.2. The van der Waals surface area contributed by atoms with Gasteiger partial charge in [-0.05, 0) is 34.6 Å². The number of β-amino-alcohol motifs (C(OH)–C–C–N with tert-alkyl or cyclic N) is 1. The number of Topliss-reactive ketones (excluding diaryl/α,β-unsaturated/α-hetero) is 1. The Morgan fingerprint density at radius 3 is 2.84 bits per heavy atom. The summed E-state index contributed by atoms with van der Waals surface area (Å²) in [5.41, 5.74) is 0.933. The highest BCUT2D eigenvalue weighted by atomic mass is 79.9. The summed E-state index contributed by atoms with van der Waals surface area (Å²) in [6.07, 6.45) is -0.707. The lowest BCUT2D eigenvalue weighted by molar-refractivity contribution is -0.114. The van der Waals surface area contributed by atoms with Crippen molar-refractivity contribution >= 4 is 33.3 Å². The van der Waals surface area contributed by atoms with E-state index in [9.17, 15) is 14.7 Å². The highest BCUT2D eigenvalue weighted by Crippen LogP contribution is 2.34. The fourth-order valence-corrected chi connectivity index (χ4v) is 2.60. The largest absolute Gasteiger partial charge is 0.390 e. The molecule has 1 aromatic carbocycles. The van der Waals surface area contributed by atoms with E-state index < -0.39 is 17.8 Å². The molecule has 1 atom stereocenters. The van der Waals surface area contributed by atoms with Gasteiger partial charge in [-0.2, -0.15) is 0 Å². The topological polar surface area (TPSA) is 69.6 Å². The minimum Gasteiger partial charge on any atom is -0.390 e. The molecule has 1 aliphatic heterocycles. The average Bonchev–Trinajstić information content (AvgIpc) is 2.63. The Kier molecular flexibility index (Phi) is 4.34. The molecule has 6 heteroatoms. The normalized spacial score (nSPS) is 15.8. The summed E-state index contributed by atoms with van der Waals surface area (Å²) in [6, 6.07) is 5.20. The quantitative estimate of drug-likeness (QED) is 0.790. The van der Waals surface area contributed by atoms with Crippen LogP contribution in [0.3, 0.4) is 0 Å². The lowest BCUT2D eigenvalue weighted by Crippen LogP contribution is -2.40. The van der Waals surface area contributed by atoms with Crippen molar-refractivity contribution in [3.05, 3.63) is 28.2 Å².